The van der Waals surface area contributed by atoms with Gasteiger partial charge >= 0.3 is 0 Å². The lowest BCUT2D eigenvalue weighted by atomic mass is 9.93. The first-order valence-electron chi connectivity index (χ1n) is 9.28. The molecule has 2 aromatic heterocycles. The van der Waals surface area contributed by atoms with Crippen LogP contribution in [0.25, 0.3) is 22.3 Å². The Morgan fingerprint density at radius 1 is 1.11 bits per heavy atom. The lowest BCUT2D eigenvalue weighted by Gasteiger charge is -2.22. The van der Waals surface area contributed by atoms with Crippen molar-refractivity contribution in [3.8, 4) is 11.3 Å². The number of allylic oxidation sites excluding steroid dienone is 1. The van der Waals surface area contributed by atoms with Crippen molar-refractivity contribution in [1.29, 1.82) is 0 Å². The number of aromatic nitrogens is 3. The molecule has 6 nitrogen and oxygen atoms in total. The number of aryl methyl sites for hydroxylation is 1. The second kappa shape index (κ2) is 5.94. The number of nitrogens with one attached hydrogen (secondary N) is 3. The van der Waals surface area contributed by atoms with Gasteiger partial charge in [-0.15, -0.1) is 0 Å². The highest BCUT2D eigenvalue weighted by Crippen LogP contribution is 2.34. The normalized spacial score (nSPS) is 20.7. The maximum absolute atomic E-state index is 12.4. The molecule has 2 aliphatic heterocycles. The first-order valence-corrected chi connectivity index (χ1v) is 9.28. The number of fused-ring (bicyclic) bond motifs is 3. The average Bonchev–Trinajstić information content (AvgIpc) is 3.11. The minimum Gasteiger partial charge on any atom is -0.365 e. The molecule has 1 amide bonds. The number of anilines is 1. The molecule has 0 saturated heterocycles. The topological polar surface area (TPSA) is 82.7 Å². The van der Waals surface area contributed by atoms with Crippen LogP contribution >= 0.6 is 0 Å². The van der Waals surface area contributed by atoms with E-state index in [0.29, 0.717) is 6.54 Å². The Bertz CT molecular complexity index is 1110. The number of nitrogens with zero attached hydrogens (tertiary/aromatic N) is 2. The molecular weight excluding hydrogens is 338 g/mol. The second-order valence-electron chi connectivity index (χ2n) is 7.39. The first kappa shape index (κ1) is 16.1. The van der Waals surface area contributed by atoms with E-state index in [1.54, 1.807) is 0 Å². The summed E-state index contributed by atoms with van der Waals surface area (Å²) in [5.74, 6) is 1.04. The Morgan fingerprint density at radius 2 is 2.00 bits per heavy atom. The molecule has 3 aromatic rings. The lowest BCUT2D eigenvalue weighted by Crippen LogP contribution is -2.34. The minimum atomic E-state index is -0.0129. The average molecular weight is 359 g/mol. The molecule has 4 bridgehead atoms. The van der Waals surface area contributed by atoms with Crippen LogP contribution in [0.4, 0.5) is 5.82 Å². The number of carbonyl (C=O) groups is 1. The molecule has 1 aromatic carbocycles. The zero-order chi connectivity index (χ0) is 18.5. The van der Waals surface area contributed by atoms with E-state index >= 15 is 0 Å². The van der Waals surface area contributed by atoms with Crippen molar-refractivity contribution >= 4 is 22.8 Å². The zero-order valence-electron chi connectivity index (χ0n) is 15.4. The van der Waals surface area contributed by atoms with Crippen LogP contribution in [-0.4, -0.2) is 33.9 Å². The fourth-order valence-electron chi connectivity index (χ4n) is 3.93. The molecule has 0 saturated carbocycles. The summed E-state index contributed by atoms with van der Waals surface area (Å²) in [6.45, 7) is 5.47. The van der Waals surface area contributed by atoms with Crippen LogP contribution in [0.2, 0.25) is 0 Å². The van der Waals surface area contributed by atoms with Gasteiger partial charge in [-0.1, -0.05) is 23.8 Å². The predicted octanol–water partition coefficient (Wildman–Crippen LogP) is 3.52. The number of H-pyrrole nitrogens is 1. The van der Waals surface area contributed by atoms with E-state index < -0.39 is 0 Å². The van der Waals surface area contributed by atoms with Crippen LogP contribution in [0.3, 0.4) is 0 Å². The van der Waals surface area contributed by atoms with E-state index in [2.05, 4.69) is 28.6 Å². The largest absolute Gasteiger partial charge is 0.365 e. The van der Waals surface area contributed by atoms with Gasteiger partial charge in [-0.05, 0) is 32.4 Å². The van der Waals surface area contributed by atoms with Gasteiger partial charge in [-0.3, -0.25) is 4.79 Å². The summed E-state index contributed by atoms with van der Waals surface area (Å²) in [7, 11) is 0. The predicted molar refractivity (Wildman–Crippen MR) is 106 cm³/mol. The second-order valence-corrected chi connectivity index (χ2v) is 7.39. The molecule has 5 rings (SSSR count). The summed E-state index contributed by atoms with van der Waals surface area (Å²) in [5.41, 5.74) is 7.45. The maximum atomic E-state index is 12.4. The van der Waals surface area contributed by atoms with Crippen LogP contribution in [0.5, 0.6) is 0 Å². The lowest BCUT2D eigenvalue weighted by molar-refractivity contribution is 0.0940. The molecule has 2 aliphatic rings. The molecule has 136 valence electrons. The highest BCUT2D eigenvalue weighted by Gasteiger charge is 2.28. The Balaban J connectivity index is 1.79. The van der Waals surface area contributed by atoms with Gasteiger partial charge in [0.25, 0.3) is 5.91 Å². The third-order valence-corrected chi connectivity index (χ3v) is 5.45. The fourth-order valence-corrected chi connectivity index (χ4v) is 3.93. The number of benzene rings is 1. The van der Waals surface area contributed by atoms with E-state index in [1.807, 2.05) is 31.2 Å². The van der Waals surface area contributed by atoms with Crippen LogP contribution in [-0.2, 0) is 0 Å². The number of rotatable bonds is 0. The monoisotopic (exact) mass is 359 g/mol. The van der Waals surface area contributed by atoms with Crippen LogP contribution < -0.4 is 10.6 Å². The Kier molecular flexibility index (Phi) is 3.53. The summed E-state index contributed by atoms with van der Waals surface area (Å²) in [5, 5.41) is 6.45. The fraction of sp³-hybridized carbons (Fsp3) is 0.286. The highest BCUT2D eigenvalue weighted by atomic mass is 16.1. The summed E-state index contributed by atoms with van der Waals surface area (Å²) in [4.78, 5) is 25.5. The van der Waals surface area contributed by atoms with Gasteiger partial charge in [-0.25, -0.2) is 9.97 Å². The van der Waals surface area contributed by atoms with E-state index in [4.69, 9.17) is 9.97 Å². The molecule has 0 aliphatic carbocycles. The Labute approximate surface area is 157 Å². The summed E-state index contributed by atoms with van der Waals surface area (Å²) >= 11 is 0. The van der Waals surface area contributed by atoms with Crippen LogP contribution in [0, 0.1) is 6.92 Å². The van der Waals surface area contributed by atoms with Crippen molar-refractivity contribution in [1.82, 2.24) is 20.3 Å². The maximum Gasteiger partial charge on any atom is 0.253 e. The summed E-state index contributed by atoms with van der Waals surface area (Å²) < 4.78 is 0. The van der Waals surface area contributed by atoms with Crippen molar-refractivity contribution in [2.24, 2.45) is 0 Å². The van der Waals surface area contributed by atoms with Gasteiger partial charge in [0.05, 0.1) is 16.8 Å². The van der Waals surface area contributed by atoms with E-state index in [9.17, 15) is 4.79 Å². The van der Waals surface area contributed by atoms with Crippen molar-refractivity contribution < 1.29 is 4.79 Å². The number of amides is 1. The standard InChI is InChI=1S/C21H21N5O/c1-11-6-7-13-10-23-21(27)15-8-17(25-18(13)15)14-4-3-5-16-19(14)26-20(22-9-11)12(2)24-16/h3-6,8,13,25H,7,9-10H2,1-2H3,(H,22,26)(H,23,27)/b11-6+/t13-/m0/s1. The molecule has 0 unspecified atom stereocenters. The first-order chi connectivity index (χ1) is 13.1. The number of aromatic amines is 1. The minimum absolute atomic E-state index is 0.0129. The van der Waals surface area contributed by atoms with Crippen molar-refractivity contribution in [3.05, 3.63) is 52.9 Å². The van der Waals surface area contributed by atoms with Gasteiger partial charge < -0.3 is 15.6 Å². The third kappa shape index (κ3) is 2.60. The van der Waals surface area contributed by atoms with Gasteiger partial charge in [0.1, 0.15) is 11.3 Å². The van der Waals surface area contributed by atoms with Crippen LogP contribution in [0.1, 0.15) is 41.0 Å². The molecule has 0 spiro atoms. The quantitative estimate of drug-likeness (QED) is 0.536. The Hall–Kier alpha value is -3.15. The molecule has 1 atom stereocenters. The number of carbonyl (C=O) groups excluding carboxylic acids is 1. The molecule has 0 radical (unpaired) electrons. The van der Waals surface area contributed by atoms with Crippen molar-refractivity contribution in [2.75, 3.05) is 18.4 Å². The van der Waals surface area contributed by atoms with E-state index in [0.717, 1.165) is 58.0 Å². The number of hydrogen-bond donors (Lipinski definition) is 3. The van der Waals surface area contributed by atoms with Gasteiger partial charge in [0, 0.05) is 36.0 Å². The SMILES string of the molecule is C/C1=C\C[C@H]2CNC(=O)c3cc([nH]c32)-c2cccc3nc(C)c(nc23)NC1. The summed E-state index contributed by atoms with van der Waals surface area (Å²) in [6, 6.07) is 7.94. The molecular formula is C21H21N5O. The van der Waals surface area contributed by atoms with Crippen LogP contribution in [0.15, 0.2) is 35.9 Å². The van der Waals surface area contributed by atoms with E-state index in [1.165, 1.54) is 5.57 Å². The highest BCUT2D eigenvalue weighted by molar-refractivity contribution is 6.00. The smallest absolute Gasteiger partial charge is 0.253 e. The van der Waals surface area contributed by atoms with Crippen molar-refractivity contribution in [2.45, 2.75) is 26.2 Å². The molecule has 0 fully saturated rings. The number of para-hydroxylation sites is 1. The van der Waals surface area contributed by atoms with Gasteiger partial charge in [0.2, 0.25) is 0 Å². The summed E-state index contributed by atoms with van der Waals surface area (Å²) in [6.07, 6.45) is 3.12. The molecule has 6 heteroatoms. The third-order valence-electron chi connectivity index (χ3n) is 5.45. The van der Waals surface area contributed by atoms with Gasteiger partial charge in [-0.2, -0.15) is 0 Å². The molecule has 3 N–H and O–H groups in total. The molecule has 27 heavy (non-hydrogen) atoms. The number of hydrogen-bond acceptors (Lipinski definition) is 4. The van der Waals surface area contributed by atoms with Crippen molar-refractivity contribution in [3.63, 3.8) is 0 Å². The zero-order valence-corrected chi connectivity index (χ0v) is 15.4. The van der Waals surface area contributed by atoms with Gasteiger partial charge in [0.15, 0.2) is 0 Å². The molecule has 4 heterocycles. The van der Waals surface area contributed by atoms with E-state index in [-0.39, 0.29) is 11.8 Å². The Morgan fingerprint density at radius 3 is 2.89 bits per heavy atom.